The first-order chi connectivity index (χ1) is 8.98. The SMILES string of the molecule is NC(=O)[C@@H]1CCCC(O)(C#Cc2cccc(Cl)c2)C1. The molecule has 1 saturated carbocycles. The van der Waals surface area contributed by atoms with Crippen LogP contribution >= 0.6 is 11.6 Å². The van der Waals surface area contributed by atoms with Crippen molar-refractivity contribution in [2.45, 2.75) is 31.3 Å². The Bertz CT molecular complexity index is 547. The number of aliphatic hydroxyl groups is 1. The molecule has 1 fully saturated rings. The van der Waals surface area contributed by atoms with Gasteiger partial charge in [-0.2, -0.15) is 0 Å². The monoisotopic (exact) mass is 277 g/mol. The largest absolute Gasteiger partial charge is 0.378 e. The number of nitrogens with two attached hydrogens (primary N) is 1. The molecule has 1 aliphatic rings. The normalized spacial score (nSPS) is 26.3. The smallest absolute Gasteiger partial charge is 0.220 e. The number of amides is 1. The predicted octanol–water partition coefficient (Wildman–Crippen LogP) is 2.10. The molecule has 0 aromatic heterocycles. The van der Waals surface area contributed by atoms with Crippen LogP contribution in [0.5, 0.6) is 0 Å². The first-order valence-corrected chi connectivity index (χ1v) is 6.67. The third-order valence-corrected chi connectivity index (χ3v) is 3.63. The maximum Gasteiger partial charge on any atom is 0.220 e. The molecule has 0 bridgehead atoms. The van der Waals surface area contributed by atoms with Gasteiger partial charge in [0.2, 0.25) is 5.91 Å². The molecule has 2 atom stereocenters. The average Bonchev–Trinajstić information content (AvgIpc) is 2.37. The summed E-state index contributed by atoms with van der Waals surface area (Å²) in [5, 5.41) is 11.0. The van der Waals surface area contributed by atoms with Crippen LogP contribution in [0.1, 0.15) is 31.2 Å². The van der Waals surface area contributed by atoms with E-state index in [0.29, 0.717) is 17.9 Å². The lowest BCUT2D eigenvalue weighted by molar-refractivity contribution is -0.125. The number of rotatable bonds is 1. The van der Waals surface area contributed by atoms with Gasteiger partial charge in [0.1, 0.15) is 5.60 Å². The summed E-state index contributed by atoms with van der Waals surface area (Å²) in [5.74, 6) is 5.14. The molecule has 3 nitrogen and oxygen atoms in total. The minimum Gasteiger partial charge on any atom is -0.378 e. The van der Waals surface area contributed by atoms with Crippen LogP contribution in [-0.2, 0) is 4.79 Å². The molecule has 3 N–H and O–H groups in total. The van der Waals surface area contributed by atoms with Crippen molar-refractivity contribution in [2.24, 2.45) is 11.7 Å². The quantitative estimate of drug-likeness (QED) is 0.772. The Morgan fingerprint density at radius 1 is 1.53 bits per heavy atom. The Balaban J connectivity index is 2.15. The first-order valence-electron chi connectivity index (χ1n) is 6.29. The van der Waals surface area contributed by atoms with E-state index in [-0.39, 0.29) is 11.8 Å². The highest BCUT2D eigenvalue weighted by molar-refractivity contribution is 6.30. The zero-order chi connectivity index (χ0) is 13.9. The molecule has 19 heavy (non-hydrogen) atoms. The van der Waals surface area contributed by atoms with Gasteiger partial charge in [-0.1, -0.05) is 29.5 Å². The Labute approximate surface area is 117 Å². The number of benzene rings is 1. The van der Waals surface area contributed by atoms with Gasteiger partial charge in [0.25, 0.3) is 0 Å². The van der Waals surface area contributed by atoms with Crippen molar-refractivity contribution < 1.29 is 9.90 Å². The molecule has 1 aromatic rings. The fraction of sp³-hybridized carbons (Fsp3) is 0.400. The Hall–Kier alpha value is -1.50. The van der Waals surface area contributed by atoms with E-state index in [0.717, 1.165) is 18.4 Å². The maximum atomic E-state index is 11.2. The van der Waals surface area contributed by atoms with Crippen molar-refractivity contribution in [3.63, 3.8) is 0 Å². The lowest BCUT2D eigenvalue weighted by Gasteiger charge is -2.31. The van der Waals surface area contributed by atoms with Gasteiger partial charge in [0.15, 0.2) is 0 Å². The first kappa shape index (κ1) is 13.9. The second kappa shape index (κ2) is 5.64. The molecule has 1 aromatic carbocycles. The molecule has 1 aliphatic carbocycles. The van der Waals surface area contributed by atoms with Crippen molar-refractivity contribution in [1.82, 2.24) is 0 Å². The molecule has 0 saturated heterocycles. The number of carbonyl (C=O) groups excluding carboxylic acids is 1. The van der Waals surface area contributed by atoms with Gasteiger partial charge in [-0.3, -0.25) is 4.79 Å². The molecule has 100 valence electrons. The van der Waals surface area contributed by atoms with Crippen LogP contribution in [0.2, 0.25) is 5.02 Å². The summed E-state index contributed by atoms with van der Waals surface area (Å²) < 4.78 is 0. The summed E-state index contributed by atoms with van der Waals surface area (Å²) in [7, 11) is 0. The van der Waals surface area contributed by atoms with Crippen LogP contribution in [0.25, 0.3) is 0 Å². The highest BCUT2D eigenvalue weighted by Crippen LogP contribution is 2.31. The molecule has 1 unspecified atom stereocenters. The van der Waals surface area contributed by atoms with E-state index in [4.69, 9.17) is 17.3 Å². The van der Waals surface area contributed by atoms with Crippen LogP contribution in [0.3, 0.4) is 0 Å². The van der Waals surface area contributed by atoms with E-state index in [1.54, 1.807) is 12.1 Å². The highest BCUT2D eigenvalue weighted by Gasteiger charge is 2.35. The molecule has 2 rings (SSSR count). The Morgan fingerprint density at radius 3 is 3.00 bits per heavy atom. The van der Waals surface area contributed by atoms with E-state index >= 15 is 0 Å². The molecule has 1 amide bonds. The molecule has 0 spiro atoms. The summed E-state index contributed by atoms with van der Waals surface area (Å²) in [5.41, 5.74) is 4.93. The molecule has 4 heteroatoms. The van der Waals surface area contributed by atoms with Gasteiger partial charge in [0.05, 0.1) is 0 Å². The predicted molar refractivity (Wildman–Crippen MR) is 74.4 cm³/mol. The van der Waals surface area contributed by atoms with Crippen molar-refractivity contribution in [2.75, 3.05) is 0 Å². The van der Waals surface area contributed by atoms with E-state index in [2.05, 4.69) is 11.8 Å². The van der Waals surface area contributed by atoms with E-state index in [1.807, 2.05) is 12.1 Å². The zero-order valence-electron chi connectivity index (χ0n) is 10.5. The van der Waals surface area contributed by atoms with Crippen molar-refractivity contribution in [3.05, 3.63) is 34.9 Å². The third-order valence-electron chi connectivity index (χ3n) is 3.39. The Kier molecular flexibility index (Phi) is 4.14. The summed E-state index contributed by atoms with van der Waals surface area (Å²) in [4.78, 5) is 11.2. The van der Waals surface area contributed by atoms with Gasteiger partial charge >= 0.3 is 0 Å². The van der Waals surface area contributed by atoms with Crippen molar-refractivity contribution in [3.8, 4) is 11.8 Å². The van der Waals surface area contributed by atoms with Crippen LogP contribution in [0.15, 0.2) is 24.3 Å². The van der Waals surface area contributed by atoms with E-state index in [1.165, 1.54) is 0 Å². The number of carbonyl (C=O) groups is 1. The summed E-state index contributed by atoms with van der Waals surface area (Å²) in [6.07, 6.45) is 2.38. The standard InChI is InChI=1S/C15H16ClNO2/c16-13-5-1-3-11(9-13)6-8-15(19)7-2-4-12(10-15)14(17)18/h1,3,5,9,12,19H,2,4,7,10H2,(H2,17,18)/t12-,15?/m1/s1. The summed E-state index contributed by atoms with van der Waals surface area (Å²) in [6.45, 7) is 0. The Morgan fingerprint density at radius 2 is 2.32 bits per heavy atom. The molecule has 0 aliphatic heterocycles. The molecular weight excluding hydrogens is 262 g/mol. The number of hydrogen-bond acceptors (Lipinski definition) is 2. The second-order valence-electron chi connectivity index (χ2n) is 4.99. The van der Waals surface area contributed by atoms with Gasteiger partial charge in [-0.25, -0.2) is 0 Å². The topological polar surface area (TPSA) is 63.3 Å². The summed E-state index contributed by atoms with van der Waals surface area (Å²) >= 11 is 5.87. The molecule has 0 radical (unpaired) electrons. The van der Waals surface area contributed by atoms with Gasteiger partial charge in [0, 0.05) is 16.5 Å². The van der Waals surface area contributed by atoms with E-state index < -0.39 is 5.60 Å². The van der Waals surface area contributed by atoms with Gasteiger partial charge in [-0.05, 0) is 43.9 Å². The summed E-state index contributed by atoms with van der Waals surface area (Å²) in [6, 6.07) is 7.15. The van der Waals surface area contributed by atoms with Crippen LogP contribution in [-0.4, -0.2) is 16.6 Å². The number of primary amides is 1. The minimum absolute atomic E-state index is 0.285. The molecular formula is C15H16ClNO2. The fourth-order valence-electron chi connectivity index (χ4n) is 2.36. The van der Waals surface area contributed by atoms with Gasteiger partial charge in [-0.15, -0.1) is 0 Å². The zero-order valence-corrected chi connectivity index (χ0v) is 11.3. The van der Waals surface area contributed by atoms with Crippen molar-refractivity contribution in [1.29, 1.82) is 0 Å². The van der Waals surface area contributed by atoms with Crippen LogP contribution in [0, 0.1) is 17.8 Å². The molecule has 0 heterocycles. The van der Waals surface area contributed by atoms with Crippen LogP contribution < -0.4 is 5.73 Å². The minimum atomic E-state index is -1.12. The lowest BCUT2D eigenvalue weighted by atomic mass is 9.78. The third kappa shape index (κ3) is 3.73. The highest BCUT2D eigenvalue weighted by atomic mass is 35.5. The van der Waals surface area contributed by atoms with E-state index in [9.17, 15) is 9.90 Å². The van der Waals surface area contributed by atoms with Crippen LogP contribution in [0.4, 0.5) is 0 Å². The number of hydrogen-bond donors (Lipinski definition) is 2. The van der Waals surface area contributed by atoms with Gasteiger partial charge < -0.3 is 10.8 Å². The maximum absolute atomic E-state index is 11.2. The lowest BCUT2D eigenvalue weighted by Crippen LogP contribution is -2.38. The van der Waals surface area contributed by atoms with Crippen molar-refractivity contribution >= 4 is 17.5 Å². The number of halogens is 1. The second-order valence-corrected chi connectivity index (χ2v) is 5.42. The fourth-order valence-corrected chi connectivity index (χ4v) is 2.55. The average molecular weight is 278 g/mol.